The smallest absolute Gasteiger partial charge is 0.262 e. The van der Waals surface area contributed by atoms with Crippen molar-refractivity contribution in [2.75, 3.05) is 0 Å². The first-order valence-electron chi connectivity index (χ1n) is 5.35. The molecule has 1 amide bonds. The molecule has 0 saturated heterocycles. The van der Waals surface area contributed by atoms with E-state index in [2.05, 4.69) is 10.3 Å². The molecule has 0 saturated carbocycles. The summed E-state index contributed by atoms with van der Waals surface area (Å²) in [6, 6.07) is 9.37. The number of H-pyrrole nitrogens is 1. The summed E-state index contributed by atoms with van der Waals surface area (Å²) in [5.74, 6) is -0.361. The number of carbonyl (C=O) groups excluding carboxylic acids is 1. The average Bonchev–Trinajstić information content (AvgIpc) is 3.06. The van der Waals surface area contributed by atoms with Gasteiger partial charge in [0, 0.05) is 16.8 Å². The van der Waals surface area contributed by atoms with Crippen molar-refractivity contribution >= 4 is 23.3 Å². The van der Waals surface area contributed by atoms with Gasteiger partial charge in [0.25, 0.3) is 5.91 Å². The summed E-state index contributed by atoms with van der Waals surface area (Å²) in [6.07, 6.45) is 3.27. The van der Waals surface area contributed by atoms with Crippen LogP contribution in [0.1, 0.15) is 10.6 Å². The van der Waals surface area contributed by atoms with Crippen LogP contribution in [0.25, 0.3) is 6.08 Å². The molecule has 0 spiro atoms. The van der Waals surface area contributed by atoms with E-state index in [0.29, 0.717) is 6.54 Å². The zero-order chi connectivity index (χ0) is 12.8. The lowest BCUT2D eigenvalue weighted by molar-refractivity contribution is -0.117. The summed E-state index contributed by atoms with van der Waals surface area (Å²) in [5.41, 5.74) is 0.826. The molecule has 0 aliphatic carbocycles. The first-order chi connectivity index (χ1) is 8.79. The Balaban J connectivity index is 2.00. The van der Waals surface area contributed by atoms with Crippen LogP contribution in [0.5, 0.6) is 0 Å². The third-order valence-corrected chi connectivity index (χ3v) is 3.17. The second-order valence-corrected chi connectivity index (χ2v) is 4.59. The monoisotopic (exact) mass is 257 g/mol. The van der Waals surface area contributed by atoms with Gasteiger partial charge in [-0.1, -0.05) is 6.07 Å². The molecular weight excluding hydrogens is 246 g/mol. The Bertz CT molecular complexity index is 576. The summed E-state index contributed by atoms with van der Waals surface area (Å²) in [7, 11) is 0. The largest absolute Gasteiger partial charge is 0.362 e. The van der Waals surface area contributed by atoms with Crippen LogP contribution in [0.15, 0.2) is 41.4 Å². The van der Waals surface area contributed by atoms with E-state index in [1.54, 1.807) is 23.6 Å². The van der Waals surface area contributed by atoms with Crippen LogP contribution in [-0.2, 0) is 11.3 Å². The van der Waals surface area contributed by atoms with Gasteiger partial charge >= 0.3 is 0 Å². The van der Waals surface area contributed by atoms with Gasteiger partial charge in [0.05, 0.1) is 6.54 Å². The number of rotatable bonds is 4. The molecule has 0 aliphatic rings. The van der Waals surface area contributed by atoms with Crippen molar-refractivity contribution in [2.45, 2.75) is 6.54 Å². The maximum Gasteiger partial charge on any atom is 0.262 e. The van der Waals surface area contributed by atoms with E-state index in [1.165, 1.54) is 6.08 Å². The van der Waals surface area contributed by atoms with Crippen molar-refractivity contribution in [3.8, 4) is 6.07 Å². The van der Waals surface area contributed by atoms with E-state index >= 15 is 0 Å². The van der Waals surface area contributed by atoms with Crippen molar-refractivity contribution < 1.29 is 4.79 Å². The molecule has 0 aromatic carbocycles. The zero-order valence-corrected chi connectivity index (χ0v) is 10.3. The standard InChI is InChI=1S/C13H11N3OS/c14-8-10(7-11-3-1-5-15-11)13(17)16-9-12-4-2-6-18-12/h1-7,15H,9H2,(H,16,17)/b10-7+. The Kier molecular flexibility index (Phi) is 3.94. The number of thiophene rings is 1. The first-order valence-corrected chi connectivity index (χ1v) is 6.23. The molecule has 4 nitrogen and oxygen atoms in total. The number of nitrogens with zero attached hydrogens (tertiary/aromatic N) is 1. The zero-order valence-electron chi connectivity index (χ0n) is 9.51. The SMILES string of the molecule is N#C/C(=C\c1ccc[nH]1)C(=O)NCc1cccs1. The number of aromatic nitrogens is 1. The fraction of sp³-hybridized carbons (Fsp3) is 0.0769. The number of hydrogen-bond donors (Lipinski definition) is 2. The number of nitrogens with one attached hydrogen (secondary N) is 2. The Hall–Kier alpha value is -2.32. The van der Waals surface area contributed by atoms with E-state index < -0.39 is 0 Å². The topological polar surface area (TPSA) is 68.7 Å². The van der Waals surface area contributed by atoms with Gasteiger partial charge < -0.3 is 10.3 Å². The number of nitriles is 1. The van der Waals surface area contributed by atoms with Crippen molar-refractivity contribution in [1.82, 2.24) is 10.3 Å². The average molecular weight is 257 g/mol. The van der Waals surface area contributed by atoms with E-state index in [9.17, 15) is 4.79 Å². The molecule has 18 heavy (non-hydrogen) atoms. The molecular formula is C13H11N3OS. The predicted molar refractivity (Wildman–Crippen MR) is 70.5 cm³/mol. The van der Waals surface area contributed by atoms with Gasteiger partial charge in [-0.2, -0.15) is 5.26 Å². The molecule has 0 atom stereocenters. The normalized spacial score (nSPS) is 10.9. The Morgan fingerprint density at radius 3 is 3.00 bits per heavy atom. The molecule has 0 bridgehead atoms. The summed E-state index contributed by atoms with van der Waals surface area (Å²) in [5, 5.41) is 13.6. The van der Waals surface area contributed by atoms with Gasteiger partial charge in [0.15, 0.2) is 0 Å². The lowest BCUT2D eigenvalue weighted by atomic mass is 10.2. The second-order valence-electron chi connectivity index (χ2n) is 3.56. The summed E-state index contributed by atoms with van der Waals surface area (Å²) >= 11 is 1.57. The van der Waals surface area contributed by atoms with Crippen LogP contribution in [0.2, 0.25) is 0 Å². The van der Waals surface area contributed by atoms with Crippen molar-refractivity contribution in [1.29, 1.82) is 5.26 Å². The number of hydrogen-bond acceptors (Lipinski definition) is 3. The maximum absolute atomic E-state index is 11.8. The molecule has 2 rings (SSSR count). The fourth-order valence-electron chi connectivity index (χ4n) is 1.41. The molecule has 90 valence electrons. The highest BCUT2D eigenvalue weighted by Crippen LogP contribution is 2.08. The molecule has 2 aromatic heterocycles. The number of aromatic amines is 1. The summed E-state index contributed by atoms with van der Waals surface area (Å²) in [4.78, 5) is 15.8. The fourth-order valence-corrected chi connectivity index (χ4v) is 2.06. The van der Waals surface area contributed by atoms with Gasteiger partial charge in [-0.3, -0.25) is 4.79 Å². The molecule has 0 radical (unpaired) electrons. The molecule has 0 fully saturated rings. The van der Waals surface area contributed by atoms with Crippen LogP contribution in [-0.4, -0.2) is 10.9 Å². The van der Waals surface area contributed by atoms with Gasteiger partial charge in [0.1, 0.15) is 11.6 Å². The van der Waals surface area contributed by atoms with Crippen molar-refractivity contribution in [3.05, 3.63) is 52.0 Å². The Morgan fingerprint density at radius 2 is 2.39 bits per heavy atom. The van der Waals surface area contributed by atoms with Gasteiger partial charge in [-0.25, -0.2) is 0 Å². The van der Waals surface area contributed by atoms with E-state index in [4.69, 9.17) is 5.26 Å². The molecule has 0 unspecified atom stereocenters. The predicted octanol–water partition coefficient (Wildman–Crippen LogP) is 2.30. The number of carbonyl (C=O) groups is 1. The van der Waals surface area contributed by atoms with Gasteiger partial charge in [-0.15, -0.1) is 11.3 Å². The third-order valence-electron chi connectivity index (χ3n) is 2.29. The minimum Gasteiger partial charge on any atom is -0.362 e. The number of amides is 1. The third kappa shape index (κ3) is 3.09. The highest BCUT2D eigenvalue weighted by Gasteiger charge is 2.08. The van der Waals surface area contributed by atoms with Crippen molar-refractivity contribution in [3.63, 3.8) is 0 Å². The van der Waals surface area contributed by atoms with Crippen LogP contribution in [0, 0.1) is 11.3 Å². The molecule has 0 aliphatic heterocycles. The van der Waals surface area contributed by atoms with E-state index in [0.717, 1.165) is 10.6 Å². The van der Waals surface area contributed by atoms with Gasteiger partial charge in [0.2, 0.25) is 0 Å². The van der Waals surface area contributed by atoms with E-state index in [-0.39, 0.29) is 11.5 Å². The molecule has 2 heterocycles. The summed E-state index contributed by atoms with van der Waals surface area (Å²) in [6.45, 7) is 0.445. The van der Waals surface area contributed by atoms with Crippen LogP contribution >= 0.6 is 11.3 Å². The van der Waals surface area contributed by atoms with Crippen molar-refractivity contribution in [2.24, 2.45) is 0 Å². The highest BCUT2D eigenvalue weighted by molar-refractivity contribution is 7.09. The first kappa shape index (κ1) is 12.1. The minimum absolute atomic E-state index is 0.0917. The second kappa shape index (κ2) is 5.84. The summed E-state index contributed by atoms with van der Waals surface area (Å²) < 4.78 is 0. The minimum atomic E-state index is -0.361. The quantitative estimate of drug-likeness (QED) is 0.652. The van der Waals surface area contributed by atoms with Crippen LogP contribution < -0.4 is 5.32 Å². The molecule has 2 N–H and O–H groups in total. The van der Waals surface area contributed by atoms with E-state index in [1.807, 2.05) is 29.6 Å². The lowest BCUT2D eigenvalue weighted by Crippen LogP contribution is -2.23. The lowest BCUT2D eigenvalue weighted by Gasteiger charge is -2.01. The van der Waals surface area contributed by atoms with Crippen LogP contribution in [0.3, 0.4) is 0 Å². The highest BCUT2D eigenvalue weighted by atomic mass is 32.1. The Morgan fingerprint density at radius 1 is 1.50 bits per heavy atom. The van der Waals surface area contributed by atoms with Gasteiger partial charge in [-0.05, 0) is 29.7 Å². The van der Waals surface area contributed by atoms with Crippen LogP contribution in [0.4, 0.5) is 0 Å². The molecule has 2 aromatic rings. The molecule has 5 heteroatoms. The Labute approximate surface area is 109 Å². The maximum atomic E-state index is 11.8.